The zero-order chi connectivity index (χ0) is 10.4. The molecule has 0 fully saturated rings. The fourth-order valence-electron chi connectivity index (χ4n) is 0.908. The maximum Gasteiger partial charge on any atom is 0.150 e. The quantitative estimate of drug-likeness (QED) is 0.825. The van der Waals surface area contributed by atoms with Gasteiger partial charge in [0.25, 0.3) is 0 Å². The van der Waals surface area contributed by atoms with Crippen LogP contribution >= 0.6 is 11.6 Å². The van der Waals surface area contributed by atoms with Gasteiger partial charge in [-0.15, -0.1) is 0 Å². The van der Waals surface area contributed by atoms with Crippen LogP contribution in [0.1, 0.15) is 0 Å². The minimum Gasteiger partial charge on any atom is -0.383 e. The van der Waals surface area contributed by atoms with E-state index in [1.807, 2.05) is 12.1 Å². The van der Waals surface area contributed by atoms with Crippen molar-refractivity contribution in [3.8, 4) is 12.1 Å². The molecule has 0 saturated heterocycles. The molecule has 14 heavy (non-hydrogen) atoms. The highest BCUT2D eigenvalue weighted by molar-refractivity contribution is 6.30. The first-order valence-corrected chi connectivity index (χ1v) is 4.42. The third-order valence-electron chi connectivity index (χ3n) is 1.67. The van der Waals surface area contributed by atoms with E-state index in [0.29, 0.717) is 11.6 Å². The first-order valence-electron chi connectivity index (χ1n) is 4.05. The van der Waals surface area contributed by atoms with Crippen LogP contribution in [0.15, 0.2) is 24.3 Å². The summed E-state index contributed by atoms with van der Waals surface area (Å²) in [5, 5.41) is 20.7. The fourth-order valence-corrected chi connectivity index (χ4v) is 1.03. The maximum absolute atomic E-state index is 8.51. The number of benzene rings is 1. The van der Waals surface area contributed by atoms with Gasteiger partial charge in [0.15, 0.2) is 0 Å². The van der Waals surface area contributed by atoms with Crippen LogP contribution in [0.4, 0.5) is 5.69 Å². The van der Waals surface area contributed by atoms with Crippen molar-refractivity contribution in [1.82, 2.24) is 0 Å². The molecule has 0 aliphatic carbocycles. The van der Waals surface area contributed by atoms with Gasteiger partial charge in [-0.05, 0) is 24.3 Å². The van der Waals surface area contributed by atoms with Crippen LogP contribution in [-0.4, -0.2) is 6.54 Å². The summed E-state index contributed by atoms with van der Waals surface area (Å²) in [5.74, 6) is -0.620. The predicted molar refractivity (Wildman–Crippen MR) is 54.7 cm³/mol. The zero-order valence-electron chi connectivity index (χ0n) is 7.37. The van der Waals surface area contributed by atoms with Gasteiger partial charge in [0, 0.05) is 17.3 Å². The van der Waals surface area contributed by atoms with Gasteiger partial charge in [-0.1, -0.05) is 11.6 Å². The van der Waals surface area contributed by atoms with E-state index in [-0.39, 0.29) is 0 Å². The Morgan fingerprint density at radius 3 is 2.29 bits per heavy atom. The Morgan fingerprint density at radius 1 is 1.21 bits per heavy atom. The molecular weight excluding hydrogens is 198 g/mol. The molecule has 0 amide bonds. The summed E-state index contributed by atoms with van der Waals surface area (Å²) in [6.07, 6.45) is 0. The topological polar surface area (TPSA) is 59.6 Å². The predicted octanol–water partition coefficient (Wildman–Crippen LogP) is 2.42. The standard InChI is InChI=1S/C10H8ClN3/c11-9-1-3-10(4-2-9)14-7-8(5-12)6-13/h1-4,8,14H,7H2. The number of hydrogen-bond donors (Lipinski definition) is 1. The molecule has 0 heterocycles. The molecule has 1 rings (SSSR count). The Labute approximate surface area is 87.5 Å². The molecule has 0 aliphatic rings. The molecule has 3 nitrogen and oxygen atoms in total. The van der Waals surface area contributed by atoms with E-state index < -0.39 is 5.92 Å². The molecule has 0 bridgehead atoms. The SMILES string of the molecule is N#CC(C#N)CNc1ccc(Cl)cc1. The molecule has 0 aromatic heterocycles. The third-order valence-corrected chi connectivity index (χ3v) is 1.92. The van der Waals surface area contributed by atoms with Crippen LogP contribution in [0.5, 0.6) is 0 Å². The number of nitrogens with zero attached hydrogens (tertiary/aromatic N) is 2. The number of hydrogen-bond acceptors (Lipinski definition) is 3. The summed E-state index contributed by atoms with van der Waals surface area (Å²) in [5.41, 5.74) is 0.852. The van der Waals surface area contributed by atoms with Crippen LogP contribution < -0.4 is 5.32 Å². The highest BCUT2D eigenvalue weighted by Gasteiger charge is 2.03. The molecule has 0 atom stereocenters. The van der Waals surface area contributed by atoms with Crippen LogP contribution in [-0.2, 0) is 0 Å². The van der Waals surface area contributed by atoms with Crippen molar-refractivity contribution in [3.63, 3.8) is 0 Å². The van der Waals surface area contributed by atoms with E-state index in [1.165, 1.54) is 0 Å². The second kappa shape index (κ2) is 5.11. The normalized spacial score (nSPS) is 9.14. The number of nitriles is 2. The largest absolute Gasteiger partial charge is 0.383 e. The summed E-state index contributed by atoms with van der Waals surface area (Å²) < 4.78 is 0. The van der Waals surface area contributed by atoms with Gasteiger partial charge in [-0.25, -0.2) is 0 Å². The van der Waals surface area contributed by atoms with E-state index in [2.05, 4.69) is 5.32 Å². The Bertz CT molecular complexity index is 358. The molecule has 1 aromatic rings. The van der Waals surface area contributed by atoms with Crippen molar-refractivity contribution in [2.45, 2.75) is 0 Å². The van der Waals surface area contributed by atoms with Crippen LogP contribution in [0, 0.1) is 28.6 Å². The summed E-state index contributed by atoms with van der Waals surface area (Å²) in [6.45, 7) is 0.328. The molecule has 4 heteroatoms. The molecule has 1 N–H and O–H groups in total. The molecule has 0 aliphatic heterocycles. The minimum atomic E-state index is -0.620. The molecule has 0 saturated carbocycles. The minimum absolute atomic E-state index is 0.328. The highest BCUT2D eigenvalue weighted by atomic mass is 35.5. The maximum atomic E-state index is 8.51. The molecule has 0 spiro atoms. The van der Waals surface area contributed by atoms with Gasteiger partial charge in [0.2, 0.25) is 0 Å². The summed E-state index contributed by atoms with van der Waals surface area (Å²) in [4.78, 5) is 0. The zero-order valence-corrected chi connectivity index (χ0v) is 8.12. The van der Waals surface area contributed by atoms with Crippen molar-refractivity contribution >= 4 is 17.3 Å². The van der Waals surface area contributed by atoms with Gasteiger partial charge >= 0.3 is 0 Å². The first kappa shape index (κ1) is 10.4. The molecule has 1 aromatic carbocycles. The van der Waals surface area contributed by atoms with E-state index in [1.54, 1.807) is 24.3 Å². The summed E-state index contributed by atoms with van der Waals surface area (Å²) in [7, 11) is 0. The van der Waals surface area contributed by atoms with E-state index in [0.717, 1.165) is 5.69 Å². The Balaban J connectivity index is 2.51. The first-order chi connectivity index (χ1) is 6.76. The molecule has 0 unspecified atom stereocenters. The summed E-state index contributed by atoms with van der Waals surface area (Å²) in [6, 6.07) is 10.9. The third kappa shape index (κ3) is 2.97. The average molecular weight is 206 g/mol. The number of anilines is 1. The van der Waals surface area contributed by atoms with Crippen molar-refractivity contribution < 1.29 is 0 Å². The Hall–Kier alpha value is -1.71. The number of halogens is 1. The Morgan fingerprint density at radius 2 is 1.79 bits per heavy atom. The van der Waals surface area contributed by atoms with Crippen LogP contribution in [0.25, 0.3) is 0 Å². The van der Waals surface area contributed by atoms with Crippen molar-refractivity contribution in [2.75, 3.05) is 11.9 Å². The lowest BCUT2D eigenvalue weighted by Gasteiger charge is -2.05. The lowest BCUT2D eigenvalue weighted by molar-refractivity contribution is 0.888. The van der Waals surface area contributed by atoms with E-state index in [4.69, 9.17) is 22.1 Å². The number of nitrogens with one attached hydrogen (secondary N) is 1. The van der Waals surface area contributed by atoms with E-state index >= 15 is 0 Å². The van der Waals surface area contributed by atoms with Gasteiger partial charge in [-0.2, -0.15) is 10.5 Å². The van der Waals surface area contributed by atoms with Gasteiger partial charge in [-0.3, -0.25) is 0 Å². The lowest BCUT2D eigenvalue weighted by atomic mass is 10.2. The average Bonchev–Trinajstić information content (AvgIpc) is 2.22. The van der Waals surface area contributed by atoms with Crippen LogP contribution in [0.3, 0.4) is 0 Å². The van der Waals surface area contributed by atoms with Crippen LogP contribution in [0.2, 0.25) is 5.02 Å². The second-order valence-corrected chi connectivity index (χ2v) is 3.14. The second-order valence-electron chi connectivity index (χ2n) is 2.70. The number of rotatable bonds is 3. The smallest absolute Gasteiger partial charge is 0.150 e. The molecule has 70 valence electrons. The highest BCUT2D eigenvalue weighted by Crippen LogP contribution is 2.13. The summed E-state index contributed by atoms with van der Waals surface area (Å²) >= 11 is 5.70. The van der Waals surface area contributed by atoms with Crippen molar-refractivity contribution in [3.05, 3.63) is 29.3 Å². The van der Waals surface area contributed by atoms with Crippen molar-refractivity contribution in [2.24, 2.45) is 5.92 Å². The fraction of sp³-hybridized carbons (Fsp3) is 0.200. The molecule has 0 radical (unpaired) electrons. The monoisotopic (exact) mass is 205 g/mol. The molecular formula is C10H8ClN3. The van der Waals surface area contributed by atoms with Crippen molar-refractivity contribution in [1.29, 1.82) is 10.5 Å². The Kier molecular flexibility index (Phi) is 3.79. The lowest BCUT2D eigenvalue weighted by Crippen LogP contribution is -2.10. The van der Waals surface area contributed by atoms with Gasteiger partial charge < -0.3 is 5.32 Å². The van der Waals surface area contributed by atoms with Gasteiger partial charge in [0.1, 0.15) is 5.92 Å². The van der Waals surface area contributed by atoms with E-state index in [9.17, 15) is 0 Å². The van der Waals surface area contributed by atoms with Gasteiger partial charge in [0.05, 0.1) is 12.1 Å².